The quantitative estimate of drug-likeness (QED) is 0.323. The second-order valence-electron chi connectivity index (χ2n) is 0.283. The van der Waals surface area contributed by atoms with Gasteiger partial charge in [-0.3, -0.25) is 0 Å². The molecule has 0 aromatic heterocycles. The van der Waals surface area contributed by atoms with Gasteiger partial charge in [0.15, 0.2) is 0 Å². The Bertz CT molecular complexity index is 36.0. The molecule has 0 bridgehead atoms. The molecule has 8 heavy (non-hydrogen) atoms. The SMILES string of the molecule is O.O.O.O=C(O)O.[H-].[Na+]. The molecule has 0 aromatic carbocycles. The first-order valence-electron chi connectivity index (χ1n) is 0.651. The Hall–Kier alpha value is 0.150. The normalized spacial score (nSPS) is 3.00. The Morgan fingerprint density at radius 1 is 1.12 bits per heavy atom. The van der Waals surface area contributed by atoms with Crippen molar-refractivity contribution in [3.63, 3.8) is 0 Å². The second kappa shape index (κ2) is 27.3. The van der Waals surface area contributed by atoms with E-state index in [4.69, 9.17) is 15.0 Å². The predicted molar refractivity (Wildman–Crippen MR) is 22.6 cm³/mol. The number of carboxylic acid groups (broad SMARTS) is 2. The van der Waals surface area contributed by atoms with E-state index in [1.54, 1.807) is 0 Å². The Labute approximate surface area is 68.8 Å². The van der Waals surface area contributed by atoms with Gasteiger partial charge in [0.25, 0.3) is 0 Å². The first kappa shape index (κ1) is 42.0. The van der Waals surface area contributed by atoms with Gasteiger partial charge in [0.1, 0.15) is 0 Å². The summed E-state index contributed by atoms with van der Waals surface area (Å²) in [6.07, 6.45) is -1.83. The maximum absolute atomic E-state index is 8.56. The largest absolute Gasteiger partial charge is 1.00 e. The maximum atomic E-state index is 8.56. The van der Waals surface area contributed by atoms with E-state index in [2.05, 4.69) is 0 Å². The van der Waals surface area contributed by atoms with Crippen molar-refractivity contribution < 1.29 is 62.4 Å². The van der Waals surface area contributed by atoms with E-state index in [-0.39, 0.29) is 47.4 Å². The zero-order valence-electron chi connectivity index (χ0n) is 5.30. The minimum atomic E-state index is -1.83. The van der Waals surface area contributed by atoms with Crippen molar-refractivity contribution in [3.8, 4) is 0 Å². The zero-order valence-corrected chi connectivity index (χ0v) is 6.30. The maximum Gasteiger partial charge on any atom is 1.00 e. The fourth-order valence-corrected chi connectivity index (χ4v) is 0. The van der Waals surface area contributed by atoms with Crippen LogP contribution >= 0.6 is 0 Å². The van der Waals surface area contributed by atoms with Crippen molar-refractivity contribution in [1.82, 2.24) is 0 Å². The Morgan fingerprint density at radius 2 is 1.12 bits per heavy atom. The third kappa shape index (κ3) is 7250. The molecule has 0 spiro atoms. The molecule has 0 atom stereocenters. The Balaban J connectivity index is -0.00000000450. The van der Waals surface area contributed by atoms with Gasteiger partial charge >= 0.3 is 35.7 Å². The van der Waals surface area contributed by atoms with E-state index in [9.17, 15) is 0 Å². The first-order valence-corrected chi connectivity index (χ1v) is 0.651. The molecule has 0 saturated heterocycles. The summed E-state index contributed by atoms with van der Waals surface area (Å²) >= 11 is 0. The molecule has 0 unspecified atom stereocenters. The molecular formula is CH9NaO6. The van der Waals surface area contributed by atoms with Crippen molar-refractivity contribution in [1.29, 1.82) is 0 Å². The molecule has 50 valence electrons. The van der Waals surface area contributed by atoms with Crippen LogP contribution < -0.4 is 29.6 Å². The average molecular weight is 140 g/mol. The third-order valence-corrected chi connectivity index (χ3v) is 0. The van der Waals surface area contributed by atoms with E-state index in [1.807, 2.05) is 0 Å². The fourth-order valence-electron chi connectivity index (χ4n) is 0. The smallest absolute Gasteiger partial charge is 1.00 e. The van der Waals surface area contributed by atoms with Crippen molar-refractivity contribution in [2.45, 2.75) is 0 Å². The summed E-state index contributed by atoms with van der Waals surface area (Å²) in [6, 6.07) is 0. The van der Waals surface area contributed by atoms with Crippen LogP contribution in [0.2, 0.25) is 0 Å². The third-order valence-electron chi connectivity index (χ3n) is 0. The molecule has 0 saturated carbocycles. The standard InChI is InChI=1S/CH2O3.Na.3H2O.H/c2-1(3)4;;;;;/h(H2,2,3,4);;3*1H2;/q;+1;;;;-1. The van der Waals surface area contributed by atoms with Crippen LogP contribution in [0.15, 0.2) is 0 Å². The fraction of sp³-hybridized carbons (Fsp3) is 0. The summed E-state index contributed by atoms with van der Waals surface area (Å²) in [5, 5.41) is 13.9. The first-order chi connectivity index (χ1) is 1.73. The molecule has 0 heterocycles. The van der Waals surface area contributed by atoms with Gasteiger partial charge in [-0.1, -0.05) is 0 Å². The molecular weight excluding hydrogens is 131 g/mol. The van der Waals surface area contributed by atoms with Crippen LogP contribution in [0.3, 0.4) is 0 Å². The van der Waals surface area contributed by atoms with Gasteiger partial charge in [0.05, 0.1) is 0 Å². The second-order valence-corrected chi connectivity index (χ2v) is 0.283. The monoisotopic (exact) mass is 140 g/mol. The van der Waals surface area contributed by atoms with E-state index >= 15 is 0 Å². The van der Waals surface area contributed by atoms with Crippen molar-refractivity contribution in [3.05, 3.63) is 0 Å². The zero-order chi connectivity index (χ0) is 3.58. The molecule has 0 amide bonds. The van der Waals surface area contributed by atoms with Gasteiger partial charge in [-0.2, -0.15) is 0 Å². The minimum Gasteiger partial charge on any atom is -1.00 e. The molecule has 0 radical (unpaired) electrons. The molecule has 0 aliphatic carbocycles. The number of hydrogen-bond acceptors (Lipinski definition) is 1. The summed E-state index contributed by atoms with van der Waals surface area (Å²) in [6.45, 7) is 0. The number of carbonyl (C=O) groups is 1. The predicted octanol–water partition coefficient (Wildman–Crippen LogP) is -5.14. The van der Waals surface area contributed by atoms with Crippen LogP contribution in [0.25, 0.3) is 0 Å². The van der Waals surface area contributed by atoms with Gasteiger partial charge in [-0.25, -0.2) is 4.79 Å². The van der Waals surface area contributed by atoms with E-state index < -0.39 is 6.16 Å². The topological polar surface area (TPSA) is 152 Å². The van der Waals surface area contributed by atoms with E-state index in [0.29, 0.717) is 0 Å². The molecule has 0 fully saturated rings. The summed E-state index contributed by atoms with van der Waals surface area (Å²) in [5.74, 6) is 0. The Kier molecular flexibility index (Phi) is 143. The molecule has 8 N–H and O–H groups in total. The van der Waals surface area contributed by atoms with Crippen LogP contribution in [0.5, 0.6) is 0 Å². The summed E-state index contributed by atoms with van der Waals surface area (Å²) in [4.78, 5) is 8.56. The van der Waals surface area contributed by atoms with Crippen molar-refractivity contribution in [2.24, 2.45) is 0 Å². The minimum absolute atomic E-state index is 0. The molecule has 0 aromatic rings. The summed E-state index contributed by atoms with van der Waals surface area (Å²) in [5.41, 5.74) is 0. The molecule has 6 nitrogen and oxygen atoms in total. The molecule has 7 heteroatoms. The van der Waals surface area contributed by atoms with Gasteiger partial charge in [-0.15, -0.1) is 0 Å². The van der Waals surface area contributed by atoms with Crippen molar-refractivity contribution in [2.75, 3.05) is 0 Å². The Morgan fingerprint density at radius 3 is 1.12 bits per heavy atom. The van der Waals surface area contributed by atoms with Crippen LogP contribution in [-0.4, -0.2) is 32.8 Å². The van der Waals surface area contributed by atoms with Crippen LogP contribution in [-0.2, 0) is 0 Å². The summed E-state index contributed by atoms with van der Waals surface area (Å²) in [7, 11) is 0. The van der Waals surface area contributed by atoms with E-state index in [0.717, 1.165) is 0 Å². The average Bonchev–Trinajstić information content (AvgIpc) is 0.811. The summed E-state index contributed by atoms with van der Waals surface area (Å²) < 4.78 is 0. The van der Waals surface area contributed by atoms with Crippen LogP contribution in [0.4, 0.5) is 4.79 Å². The number of hydrogen-bond donors (Lipinski definition) is 2. The van der Waals surface area contributed by atoms with Gasteiger partial charge in [0.2, 0.25) is 0 Å². The van der Waals surface area contributed by atoms with Crippen LogP contribution in [0, 0.1) is 0 Å². The van der Waals surface area contributed by atoms with Gasteiger partial charge < -0.3 is 28.1 Å². The molecule has 0 aliphatic heterocycles. The molecule has 0 rings (SSSR count). The van der Waals surface area contributed by atoms with Crippen molar-refractivity contribution >= 4 is 6.16 Å². The van der Waals surface area contributed by atoms with Gasteiger partial charge in [-0.05, 0) is 0 Å². The van der Waals surface area contributed by atoms with E-state index in [1.165, 1.54) is 0 Å². The number of rotatable bonds is 0. The van der Waals surface area contributed by atoms with Crippen LogP contribution in [0.1, 0.15) is 1.43 Å². The molecule has 0 aliphatic rings. The van der Waals surface area contributed by atoms with Gasteiger partial charge in [0, 0.05) is 0 Å².